The van der Waals surface area contributed by atoms with Gasteiger partial charge in [-0.25, -0.2) is 0 Å². The number of rotatable bonds is 5. The van der Waals surface area contributed by atoms with Gasteiger partial charge in [-0.1, -0.05) is 23.7 Å². The first-order valence-corrected chi connectivity index (χ1v) is 10.9. The molecule has 2 amide bonds. The summed E-state index contributed by atoms with van der Waals surface area (Å²) in [5.74, 6) is 0.787. The number of para-hydroxylation sites is 1. The van der Waals surface area contributed by atoms with E-state index < -0.39 is 0 Å². The van der Waals surface area contributed by atoms with Crippen LogP contribution >= 0.6 is 11.6 Å². The molecule has 1 aliphatic heterocycles. The fraction of sp³-hybridized carbons (Fsp3) is 0.333. The minimum absolute atomic E-state index is 0.00408. The lowest BCUT2D eigenvalue weighted by Gasteiger charge is -2.32. The predicted octanol–water partition coefficient (Wildman–Crippen LogP) is 4.83. The highest BCUT2D eigenvalue weighted by atomic mass is 35.5. The molecule has 2 heterocycles. The molecule has 2 aromatic carbocycles. The molecule has 7 heteroatoms. The third-order valence-corrected chi connectivity index (χ3v) is 5.95. The number of halogens is 1. The van der Waals surface area contributed by atoms with E-state index in [0.717, 1.165) is 16.7 Å². The van der Waals surface area contributed by atoms with Gasteiger partial charge in [-0.3, -0.25) is 9.59 Å². The van der Waals surface area contributed by atoms with Gasteiger partial charge < -0.3 is 19.4 Å². The fourth-order valence-electron chi connectivity index (χ4n) is 3.95. The van der Waals surface area contributed by atoms with Gasteiger partial charge in [0.05, 0.1) is 11.6 Å². The fourth-order valence-corrected chi connectivity index (χ4v) is 4.16. The van der Waals surface area contributed by atoms with E-state index in [2.05, 4.69) is 5.32 Å². The number of ether oxygens (including phenoxy) is 1. The summed E-state index contributed by atoms with van der Waals surface area (Å²) >= 11 is 6.19. The monoisotopic (exact) mass is 440 g/mol. The van der Waals surface area contributed by atoms with Crippen LogP contribution in [0.25, 0.3) is 11.0 Å². The lowest BCUT2D eigenvalue weighted by atomic mass is 10.0. The molecule has 1 aliphatic rings. The first-order chi connectivity index (χ1) is 15.0. The van der Waals surface area contributed by atoms with Gasteiger partial charge in [0.15, 0.2) is 11.3 Å². The van der Waals surface area contributed by atoms with Crippen molar-refractivity contribution in [3.8, 4) is 5.75 Å². The summed E-state index contributed by atoms with van der Waals surface area (Å²) in [7, 11) is 0. The molecule has 1 fully saturated rings. The summed E-state index contributed by atoms with van der Waals surface area (Å²) in [6.45, 7) is 5.54. The Morgan fingerprint density at radius 1 is 1.16 bits per heavy atom. The summed E-state index contributed by atoms with van der Waals surface area (Å²) in [5.41, 5.74) is 1.95. The number of carbonyl (C=O) groups excluding carboxylic acids is 2. The van der Waals surface area contributed by atoms with E-state index >= 15 is 0 Å². The largest absolute Gasteiger partial charge is 0.494 e. The van der Waals surface area contributed by atoms with Crippen LogP contribution in [0, 0.1) is 6.92 Å². The van der Waals surface area contributed by atoms with Crippen LogP contribution in [0.1, 0.15) is 46.2 Å². The molecule has 1 aromatic heterocycles. The number of nitrogens with one attached hydrogen (secondary N) is 1. The minimum atomic E-state index is -0.249. The average molecular weight is 441 g/mol. The molecule has 0 unspecified atom stereocenters. The Bertz CT molecular complexity index is 1100. The molecule has 1 saturated heterocycles. The van der Waals surface area contributed by atoms with E-state index in [1.165, 1.54) is 0 Å². The number of carbonyl (C=O) groups is 2. The molecule has 0 bridgehead atoms. The zero-order valence-corrected chi connectivity index (χ0v) is 18.4. The van der Waals surface area contributed by atoms with Gasteiger partial charge >= 0.3 is 0 Å². The Hall–Kier alpha value is -2.99. The maximum atomic E-state index is 12.8. The Morgan fingerprint density at radius 3 is 2.52 bits per heavy atom. The zero-order chi connectivity index (χ0) is 22.0. The van der Waals surface area contributed by atoms with E-state index in [0.29, 0.717) is 48.7 Å². The van der Waals surface area contributed by atoms with Crippen molar-refractivity contribution in [2.24, 2.45) is 0 Å². The summed E-state index contributed by atoms with van der Waals surface area (Å²) in [4.78, 5) is 27.4. The van der Waals surface area contributed by atoms with Crippen molar-refractivity contribution in [2.45, 2.75) is 32.7 Å². The molecule has 1 N–H and O–H groups in total. The number of likely N-dealkylation sites (tertiary alicyclic amines) is 1. The van der Waals surface area contributed by atoms with Gasteiger partial charge in [0.25, 0.3) is 11.8 Å². The van der Waals surface area contributed by atoms with Crippen LogP contribution < -0.4 is 10.1 Å². The topological polar surface area (TPSA) is 71.8 Å². The van der Waals surface area contributed by atoms with E-state index in [-0.39, 0.29) is 23.6 Å². The highest BCUT2D eigenvalue weighted by Crippen LogP contribution is 2.30. The third kappa shape index (κ3) is 4.39. The number of aryl methyl sites for hydroxylation is 1. The van der Waals surface area contributed by atoms with Crippen LogP contribution in [0.3, 0.4) is 0 Å². The van der Waals surface area contributed by atoms with Crippen LogP contribution in [-0.2, 0) is 0 Å². The molecule has 0 saturated carbocycles. The quantitative estimate of drug-likeness (QED) is 0.616. The number of hydrogen-bond donors (Lipinski definition) is 1. The maximum Gasteiger partial charge on any atom is 0.287 e. The zero-order valence-electron chi connectivity index (χ0n) is 17.6. The lowest BCUT2D eigenvalue weighted by molar-refractivity contribution is 0.0696. The van der Waals surface area contributed by atoms with Crippen molar-refractivity contribution >= 4 is 34.4 Å². The Balaban J connectivity index is 1.36. The van der Waals surface area contributed by atoms with Crippen LogP contribution in [0.15, 0.2) is 46.9 Å². The second kappa shape index (κ2) is 9.02. The Morgan fingerprint density at radius 2 is 1.87 bits per heavy atom. The van der Waals surface area contributed by atoms with Crippen molar-refractivity contribution in [3.05, 3.63) is 64.4 Å². The molecule has 6 nitrogen and oxygen atoms in total. The molecule has 31 heavy (non-hydrogen) atoms. The number of amides is 2. The Kier molecular flexibility index (Phi) is 6.18. The maximum absolute atomic E-state index is 12.8. The number of nitrogens with zero attached hydrogens (tertiary/aromatic N) is 1. The number of hydrogen-bond acceptors (Lipinski definition) is 4. The standard InChI is InChI=1S/C24H25ClN2O4/c1-3-30-18-9-7-16(8-10-18)24(29)27-13-11-17(12-14-27)26-23(28)21-15(2)19-5-4-6-20(25)22(19)31-21/h4-10,17H,3,11-14H2,1-2H3,(H,26,28). The van der Waals surface area contributed by atoms with Crippen molar-refractivity contribution < 1.29 is 18.7 Å². The Labute approximate surface area is 186 Å². The van der Waals surface area contributed by atoms with Gasteiger partial charge in [0, 0.05) is 35.6 Å². The highest BCUT2D eigenvalue weighted by molar-refractivity contribution is 6.35. The van der Waals surface area contributed by atoms with Crippen molar-refractivity contribution in [2.75, 3.05) is 19.7 Å². The summed E-state index contributed by atoms with van der Waals surface area (Å²) in [5, 5.41) is 4.37. The molecular weight excluding hydrogens is 416 g/mol. The van der Waals surface area contributed by atoms with Crippen molar-refractivity contribution in [1.29, 1.82) is 0 Å². The molecule has 0 aliphatic carbocycles. The van der Waals surface area contributed by atoms with Gasteiger partial charge in [-0.05, 0) is 57.0 Å². The van der Waals surface area contributed by atoms with Gasteiger partial charge in [-0.2, -0.15) is 0 Å². The highest BCUT2D eigenvalue weighted by Gasteiger charge is 2.27. The molecule has 3 aromatic rings. The van der Waals surface area contributed by atoms with E-state index in [1.54, 1.807) is 18.2 Å². The average Bonchev–Trinajstić information content (AvgIpc) is 3.13. The summed E-state index contributed by atoms with van der Waals surface area (Å²) in [6.07, 6.45) is 1.38. The van der Waals surface area contributed by atoms with E-state index in [4.69, 9.17) is 20.8 Å². The number of benzene rings is 2. The minimum Gasteiger partial charge on any atom is -0.494 e. The van der Waals surface area contributed by atoms with Crippen LogP contribution in [0.4, 0.5) is 0 Å². The second-order valence-corrected chi connectivity index (χ2v) is 8.08. The smallest absolute Gasteiger partial charge is 0.287 e. The van der Waals surface area contributed by atoms with Gasteiger partial charge in [0.1, 0.15) is 5.75 Å². The molecule has 162 valence electrons. The number of furan rings is 1. The molecule has 0 spiro atoms. The lowest BCUT2D eigenvalue weighted by Crippen LogP contribution is -2.46. The van der Waals surface area contributed by atoms with E-state index in [9.17, 15) is 9.59 Å². The number of piperidine rings is 1. The van der Waals surface area contributed by atoms with Crippen molar-refractivity contribution in [1.82, 2.24) is 10.2 Å². The van der Waals surface area contributed by atoms with Crippen LogP contribution in [-0.4, -0.2) is 42.5 Å². The van der Waals surface area contributed by atoms with E-state index in [1.807, 2.05) is 43.0 Å². The first kappa shape index (κ1) is 21.2. The third-order valence-electron chi connectivity index (χ3n) is 5.65. The molecule has 0 radical (unpaired) electrons. The van der Waals surface area contributed by atoms with Crippen LogP contribution in [0.5, 0.6) is 5.75 Å². The first-order valence-electron chi connectivity index (χ1n) is 10.5. The summed E-state index contributed by atoms with van der Waals surface area (Å²) < 4.78 is 11.2. The van der Waals surface area contributed by atoms with Crippen LogP contribution in [0.2, 0.25) is 5.02 Å². The molecule has 4 rings (SSSR count). The van der Waals surface area contributed by atoms with Gasteiger partial charge in [-0.15, -0.1) is 0 Å². The number of fused-ring (bicyclic) bond motifs is 1. The van der Waals surface area contributed by atoms with Crippen molar-refractivity contribution in [3.63, 3.8) is 0 Å². The summed E-state index contributed by atoms with van der Waals surface area (Å²) in [6, 6.07) is 12.7. The predicted molar refractivity (Wildman–Crippen MR) is 120 cm³/mol. The normalized spacial score (nSPS) is 14.6. The second-order valence-electron chi connectivity index (χ2n) is 7.67. The van der Waals surface area contributed by atoms with Gasteiger partial charge in [0.2, 0.25) is 0 Å². The molecular formula is C24H25ClN2O4. The molecule has 0 atom stereocenters. The SMILES string of the molecule is CCOc1ccc(C(=O)N2CCC(NC(=O)c3oc4c(Cl)cccc4c3C)CC2)cc1.